The first-order valence-corrected chi connectivity index (χ1v) is 7.93. The molecule has 0 aliphatic rings. The number of methoxy groups -OCH3 is 1. The molecule has 0 amide bonds. The van der Waals surface area contributed by atoms with Crippen molar-refractivity contribution in [1.29, 1.82) is 0 Å². The molecule has 108 valence electrons. The summed E-state index contributed by atoms with van der Waals surface area (Å²) < 4.78 is 6.36. The van der Waals surface area contributed by atoms with Crippen molar-refractivity contribution in [1.82, 2.24) is 5.32 Å². The Hall–Kier alpha value is -0.380. The molecular formula is C16H26BrNO. The maximum Gasteiger partial charge on any atom is 0.0465 e. The Morgan fingerprint density at radius 1 is 1.26 bits per heavy atom. The van der Waals surface area contributed by atoms with Crippen LogP contribution >= 0.6 is 15.9 Å². The van der Waals surface area contributed by atoms with Crippen LogP contribution in [0.3, 0.4) is 0 Å². The minimum absolute atomic E-state index is 0.551. The van der Waals surface area contributed by atoms with Crippen molar-refractivity contribution in [3.63, 3.8) is 0 Å². The average Bonchev–Trinajstić information content (AvgIpc) is 2.42. The standard InChI is InChI=1S/C16H26BrNO/c1-4-10-18-12-16(13(2)9-11-19-3)14-5-7-15(17)8-6-14/h5-8,13,16,18H,4,9-12H2,1-3H3. The number of halogens is 1. The smallest absolute Gasteiger partial charge is 0.0465 e. The Balaban J connectivity index is 2.69. The first kappa shape index (κ1) is 16.7. The lowest BCUT2D eigenvalue weighted by molar-refractivity contribution is 0.174. The van der Waals surface area contributed by atoms with Crippen LogP contribution in [0.15, 0.2) is 28.7 Å². The van der Waals surface area contributed by atoms with Crippen LogP contribution in [0.1, 0.15) is 38.2 Å². The molecule has 0 aliphatic heterocycles. The molecule has 0 bridgehead atoms. The molecule has 19 heavy (non-hydrogen) atoms. The molecule has 2 atom stereocenters. The van der Waals surface area contributed by atoms with E-state index in [2.05, 4.69) is 59.4 Å². The van der Waals surface area contributed by atoms with Gasteiger partial charge in [0.2, 0.25) is 0 Å². The van der Waals surface area contributed by atoms with E-state index in [0.717, 1.165) is 30.6 Å². The topological polar surface area (TPSA) is 21.3 Å². The molecule has 0 heterocycles. The van der Waals surface area contributed by atoms with Crippen molar-refractivity contribution in [3.8, 4) is 0 Å². The van der Waals surface area contributed by atoms with Gasteiger partial charge in [0.05, 0.1) is 0 Å². The van der Waals surface area contributed by atoms with E-state index in [-0.39, 0.29) is 0 Å². The van der Waals surface area contributed by atoms with Crippen LogP contribution in [-0.4, -0.2) is 26.8 Å². The molecule has 0 saturated heterocycles. The molecular weight excluding hydrogens is 302 g/mol. The second-order valence-corrected chi connectivity index (χ2v) is 6.04. The quantitative estimate of drug-likeness (QED) is 0.686. The summed E-state index contributed by atoms with van der Waals surface area (Å²) in [5.74, 6) is 1.17. The summed E-state index contributed by atoms with van der Waals surface area (Å²) in [5.41, 5.74) is 1.41. The minimum Gasteiger partial charge on any atom is -0.385 e. The molecule has 2 nitrogen and oxygen atoms in total. The second kappa shape index (κ2) is 9.51. The lowest BCUT2D eigenvalue weighted by Gasteiger charge is -2.25. The summed E-state index contributed by atoms with van der Waals surface area (Å²) in [7, 11) is 1.77. The Morgan fingerprint density at radius 3 is 2.53 bits per heavy atom. The third-order valence-electron chi connectivity index (χ3n) is 3.55. The van der Waals surface area contributed by atoms with E-state index < -0.39 is 0 Å². The summed E-state index contributed by atoms with van der Waals surface area (Å²) in [5, 5.41) is 3.55. The highest BCUT2D eigenvalue weighted by Gasteiger charge is 2.18. The monoisotopic (exact) mass is 327 g/mol. The maximum absolute atomic E-state index is 5.22. The van der Waals surface area contributed by atoms with Gasteiger partial charge in [-0.2, -0.15) is 0 Å². The zero-order chi connectivity index (χ0) is 14.1. The molecule has 0 aromatic heterocycles. The van der Waals surface area contributed by atoms with E-state index in [1.54, 1.807) is 7.11 Å². The van der Waals surface area contributed by atoms with Gasteiger partial charge in [0.25, 0.3) is 0 Å². The Kier molecular flexibility index (Phi) is 8.35. The van der Waals surface area contributed by atoms with Crippen molar-refractivity contribution in [2.45, 2.75) is 32.6 Å². The highest BCUT2D eigenvalue weighted by atomic mass is 79.9. The molecule has 0 fully saturated rings. The number of nitrogens with one attached hydrogen (secondary N) is 1. The minimum atomic E-state index is 0.551. The fourth-order valence-corrected chi connectivity index (χ4v) is 2.56. The van der Waals surface area contributed by atoms with E-state index in [9.17, 15) is 0 Å². The molecule has 1 N–H and O–H groups in total. The van der Waals surface area contributed by atoms with Gasteiger partial charge in [-0.15, -0.1) is 0 Å². The van der Waals surface area contributed by atoms with Crippen LogP contribution in [-0.2, 0) is 4.74 Å². The number of ether oxygens (including phenoxy) is 1. The van der Waals surface area contributed by atoms with Crippen molar-refractivity contribution in [3.05, 3.63) is 34.3 Å². The highest BCUT2D eigenvalue weighted by molar-refractivity contribution is 9.10. The van der Waals surface area contributed by atoms with Gasteiger partial charge >= 0.3 is 0 Å². The first-order valence-electron chi connectivity index (χ1n) is 7.14. The Morgan fingerprint density at radius 2 is 1.95 bits per heavy atom. The van der Waals surface area contributed by atoms with Crippen LogP contribution in [0.5, 0.6) is 0 Å². The third-order valence-corrected chi connectivity index (χ3v) is 4.08. The molecule has 1 rings (SSSR count). The molecule has 0 spiro atoms. The third kappa shape index (κ3) is 6.07. The van der Waals surface area contributed by atoms with E-state index in [1.165, 1.54) is 12.0 Å². The lowest BCUT2D eigenvalue weighted by atomic mass is 9.85. The zero-order valence-corrected chi connectivity index (χ0v) is 13.9. The van der Waals surface area contributed by atoms with Gasteiger partial charge in [0, 0.05) is 24.7 Å². The van der Waals surface area contributed by atoms with Crippen LogP contribution in [0.4, 0.5) is 0 Å². The SMILES string of the molecule is CCCNCC(c1ccc(Br)cc1)C(C)CCOC. The lowest BCUT2D eigenvalue weighted by Crippen LogP contribution is -2.26. The van der Waals surface area contributed by atoms with Gasteiger partial charge in [-0.1, -0.05) is 41.9 Å². The van der Waals surface area contributed by atoms with E-state index >= 15 is 0 Å². The first-order chi connectivity index (χ1) is 9.19. The molecule has 2 unspecified atom stereocenters. The van der Waals surface area contributed by atoms with Gasteiger partial charge in [-0.25, -0.2) is 0 Å². The Bertz CT molecular complexity index is 339. The van der Waals surface area contributed by atoms with Crippen molar-refractivity contribution in [2.24, 2.45) is 5.92 Å². The van der Waals surface area contributed by atoms with Crippen LogP contribution in [0.2, 0.25) is 0 Å². The molecule has 3 heteroatoms. The average molecular weight is 328 g/mol. The normalized spacial score (nSPS) is 14.3. The zero-order valence-electron chi connectivity index (χ0n) is 12.3. The van der Waals surface area contributed by atoms with Gasteiger partial charge in [0.15, 0.2) is 0 Å². The van der Waals surface area contributed by atoms with Crippen molar-refractivity contribution < 1.29 is 4.74 Å². The summed E-state index contributed by atoms with van der Waals surface area (Å²) in [6, 6.07) is 8.72. The second-order valence-electron chi connectivity index (χ2n) is 5.12. The van der Waals surface area contributed by atoms with Gasteiger partial charge < -0.3 is 10.1 Å². The predicted molar refractivity (Wildman–Crippen MR) is 85.7 cm³/mol. The highest BCUT2D eigenvalue weighted by Crippen LogP contribution is 2.27. The fraction of sp³-hybridized carbons (Fsp3) is 0.625. The largest absolute Gasteiger partial charge is 0.385 e. The van der Waals surface area contributed by atoms with Crippen LogP contribution in [0, 0.1) is 5.92 Å². The number of benzene rings is 1. The van der Waals surface area contributed by atoms with Crippen LogP contribution < -0.4 is 5.32 Å². The molecule has 0 saturated carbocycles. The summed E-state index contributed by atoms with van der Waals surface area (Å²) in [6.45, 7) is 7.49. The van der Waals surface area contributed by atoms with E-state index in [0.29, 0.717) is 11.8 Å². The maximum atomic E-state index is 5.22. The van der Waals surface area contributed by atoms with Crippen molar-refractivity contribution >= 4 is 15.9 Å². The van der Waals surface area contributed by atoms with Crippen molar-refractivity contribution in [2.75, 3.05) is 26.8 Å². The summed E-state index contributed by atoms with van der Waals surface area (Å²) in [6.07, 6.45) is 2.28. The van der Waals surface area contributed by atoms with Crippen LogP contribution in [0.25, 0.3) is 0 Å². The van der Waals surface area contributed by atoms with Gasteiger partial charge in [-0.3, -0.25) is 0 Å². The number of hydrogen-bond acceptors (Lipinski definition) is 2. The number of rotatable bonds is 9. The fourth-order valence-electron chi connectivity index (χ4n) is 2.30. The predicted octanol–water partition coefficient (Wildman–Crippen LogP) is 4.20. The van der Waals surface area contributed by atoms with E-state index in [1.807, 2.05) is 0 Å². The Labute approximate surface area is 126 Å². The summed E-state index contributed by atoms with van der Waals surface area (Å²) >= 11 is 3.50. The molecule has 0 aliphatic carbocycles. The van der Waals surface area contributed by atoms with E-state index in [4.69, 9.17) is 4.74 Å². The van der Waals surface area contributed by atoms with Gasteiger partial charge in [0.1, 0.15) is 0 Å². The van der Waals surface area contributed by atoms with Gasteiger partial charge in [-0.05, 0) is 48.9 Å². The molecule has 0 radical (unpaired) electrons. The molecule has 1 aromatic carbocycles. The summed E-state index contributed by atoms with van der Waals surface area (Å²) in [4.78, 5) is 0. The molecule has 1 aromatic rings. The number of hydrogen-bond donors (Lipinski definition) is 1.